The number of thiophene rings is 1. The predicted molar refractivity (Wildman–Crippen MR) is 134 cm³/mol. The molecule has 2 aromatic carbocycles. The van der Waals surface area contributed by atoms with Gasteiger partial charge in [0.2, 0.25) is 5.91 Å². The molecule has 0 bridgehead atoms. The van der Waals surface area contributed by atoms with Crippen LogP contribution in [0, 0.1) is 0 Å². The Balaban J connectivity index is 1.63. The Morgan fingerprint density at radius 1 is 0.970 bits per heavy atom. The molecule has 1 amide bonds. The maximum absolute atomic E-state index is 13.4. The maximum Gasteiger partial charge on any atom is 0.247 e. The average Bonchev–Trinajstić information content (AvgIpc) is 3.45. The lowest BCUT2D eigenvalue weighted by Gasteiger charge is -2.17. The summed E-state index contributed by atoms with van der Waals surface area (Å²) in [6, 6.07) is 18.4. The molecule has 1 aromatic heterocycles. The number of ketones is 1. The van der Waals surface area contributed by atoms with Gasteiger partial charge in [0.05, 0.1) is 34.7 Å². The second-order valence-electron chi connectivity index (χ2n) is 7.13. The highest BCUT2D eigenvalue weighted by Gasteiger charge is 2.40. The minimum atomic E-state index is -0.535. The first kappa shape index (κ1) is 23.1. The zero-order valence-corrected chi connectivity index (χ0v) is 20.0. The molecule has 6 nitrogen and oxygen atoms in total. The summed E-state index contributed by atoms with van der Waals surface area (Å²) < 4.78 is 11.0. The van der Waals surface area contributed by atoms with Crippen LogP contribution in [0.15, 0.2) is 71.0 Å². The van der Waals surface area contributed by atoms with E-state index in [4.69, 9.17) is 14.5 Å². The summed E-state index contributed by atoms with van der Waals surface area (Å²) in [5.74, 6) is 1.30. The minimum Gasteiger partial charge on any atom is -0.494 e. The second kappa shape index (κ2) is 10.7. The number of hydrogen-bond acceptors (Lipinski definition) is 7. The van der Waals surface area contributed by atoms with Crippen LogP contribution >= 0.6 is 23.1 Å². The van der Waals surface area contributed by atoms with Crippen molar-refractivity contribution in [2.45, 2.75) is 25.5 Å². The summed E-state index contributed by atoms with van der Waals surface area (Å²) in [5, 5.41) is 1.87. The molecule has 1 saturated heterocycles. The van der Waals surface area contributed by atoms with Gasteiger partial charge in [-0.3, -0.25) is 14.5 Å². The molecule has 1 aliphatic heterocycles. The number of carbonyl (C=O) groups is 2. The van der Waals surface area contributed by atoms with Crippen molar-refractivity contribution in [3.05, 3.63) is 70.9 Å². The van der Waals surface area contributed by atoms with Crippen LogP contribution in [0.4, 0.5) is 11.4 Å². The van der Waals surface area contributed by atoms with Gasteiger partial charge in [-0.25, -0.2) is 4.99 Å². The fourth-order valence-corrected chi connectivity index (χ4v) is 5.20. The fourth-order valence-electron chi connectivity index (χ4n) is 3.37. The highest BCUT2D eigenvalue weighted by Crippen LogP contribution is 2.36. The van der Waals surface area contributed by atoms with E-state index < -0.39 is 5.25 Å². The van der Waals surface area contributed by atoms with E-state index in [0.717, 1.165) is 11.5 Å². The van der Waals surface area contributed by atoms with Crippen molar-refractivity contribution in [1.82, 2.24) is 0 Å². The Kier molecular flexibility index (Phi) is 7.47. The average molecular weight is 481 g/mol. The Morgan fingerprint density at radius 3 is 2.18 bits per heavy atom. The number of amides is 1. The Hall–Kier alpha value is -3.10. The van der Waals surface area contributed by atoms with Crippen LogP contribution in [0.2, 0.25) is 0 Å². The molecule has 0 N–H and O–H groups in total. The normalized spacial score (nSPS) is 16.9. The third kappa shape index (κ3) is 5.46. The van der Waals surface area contributed by atoms with Gasteiger partial charge in [0.1, 0.15) is 11.5 Å². The molecular weight excluding hydrogens is 456 g/mol. The van der Waals surface area contributed by atoms with Crippen LogP contribution in [0.25, 0.3) is 0 Å². The number of thioether (sulfide) groups is 1. The number of benzene rings is 2. The minimum absolute atomic E-state index is 0.0372. The van der Waals surface area contributed by atoms with E-state index in [9.17, 15) is 9.59 Å². The van der Waals surface area contributed by atoms with E-state index in [2.05, 4.69) is 0 Å². The van der Waals surface area contributed by atoms with Gasteiger partial charge in [0, 0.05) is 6.42 Å². The molecule has 2 heterocycles. The van der Waals surface area contributed by atoms with Crippen molar-refractivity contribution in [2.24, 2.45) is 4.99 Å². The van der Waals surface area contributed by atoms with Crippen LogP contribution in [0.5, 0.6) is 11.5 Å². The Bertz CT molecular complexity index is 1130. The third-order valence-corrected chi connectivity index (χ3v) is 6.93. The molecule has 8 heteroatoms. The summed E-state index contributed by atoms with van der Waals surface area (Å²) in [7, 11) is 0. The van der Waals surface area contributed by atoms with Crippen LogP contribution in [0.1, 0.15) is 29.9 Å². The van der Waals surface area contributed by atoms with Gasteiger partial charge in [0.25, 0.3) is 0 Å². The number of ether oxygens (including phenoxy) is 2. The zero-order valence-electron chi connectivity index (χ0n) is 18.4. The quantitative estimate of drug-likeness (QED) is 0.354. The molecule has 0 aliphatic carbocycles. The number of amidine groups is 1. The number of carbonyl (C=O) groups excluding carboxylic acids is 2. The van der Waals surface area contributed by atoms with Gasteiger partial charge in [-0.2, -0.15) is 0 Å². The number of nitrogens with zero attached hydrogens (tertiary/aromatic N) is 2. The Morgan fingerprint density at radius 2 is 1.61 bits per heavy atom. The molecule has 4 rings (SSSR count). The summed E-state index contributed by atoms with van der Waals surface area (Å²) >= 11 is 2.71. The van der Waals surface area contributed by atoms with E-state index in [1.807, 2.05) is 73.8 Å². The molecule has 33 heavy (non-hydrogen) atoms. The van der Waals surface area contributed by atoms with Crippen molar-refractivity contribution in [1.29, 1.82) is 0 Å². The molecular formula is C25H24N2O4S2. The molecule has 1 fully saturated rings. The number of rotatable bonds is 9. The van der Waals surface area contributed by atoms with E-state index in [1.54, 1.807) is 11.0 Å². The maximum atomic E-state index is 13.4. The monoisotopic (exact) mass is 480 g/mol. The van der Waals surface area contributed by atoms with Crippen molar-refractivity contribution < 1.29 is 19.1 Å². The summed E-state index contributed by atoms with van der Waals surface area (Å²) in [5.41, 5.74) is 1.39. The molecule has 1 atom stereocenters. The second-order valence-corrected chi connectivity index (χ2v) is 9.25. The summed E-state index contributed by atoms with van der Waals surface area (Å²) in [4.78, 5) is 33.1. The summed E-state index contributed by atoms with van der Waals surface area (Å²) in [6.07, 6.45) is 0.125. The summed E-state index contributed by atoms with van der Waals surface area (Å²) in [6.45, 7) is 5.01. The van der Waals surface area contributed by atoms with Crippen molar-refractivity contribution in [3.63, 3.8) is 0 Å². The number of aliphatic imine (C=N–C) groups is 1. The lowest BCUT2D eigenvalue weighted by molar-refractivity contribution is -0.116. The topological polar surface area (TPSA) is 68.2 Å². The van der Waals surface area contributed by atoms with Gasteiger partial charge >= 0.3 is 0 Å². The SMILES string of the molecule is CCOc1ccc(N=C2SC(CC(=O)c3cccs3)C(=O)N2c2ccc(OCC)cc2)cc1. The first-order valence-corrected chi connectivity index (χ1v) is 12.5. The van der Waals surface area contributed by atoms with E-state index in [-0.39, 0.29) is 18.1 Å². The molecule has 1 unspecified atom stereocenters. The highest BCUT2D eigenvalue weighted by atomic mass is 32.2. The van der Waals surface area contributed by atoms with Gasteiger partial charge in [0.15, 0.2) is 11.0 Å². The smallest absolute Gasteiger partial charge is 0.247 e. The van der Waals surface area contributed by atoms with Crippen molar-refractivity contribution >= 4 is 51.3 Å². The molecule has 0 saturated carbocycles. The van der Waals surface area contributed by atoms with Gasteiger partial charge in [-0.15, -0.1) is 11.3 Å². The third-order valence-electron chi connectivity index (χ3n) is 4.88. The highest BCUT2D eigenvalue weighted by molar-refractivity contribution is 8.16. The number of anilines is 1. The number of hydrogen-bond donors (Lipinski definition) is 0. The van der Waals surface area contributed by atoms with Crippen molar-refractivity contribution in [2.75, 3.05) is 18.1 Å². The molecule has 170 valence electrons. The van der Waals surface area contributed by atoms with Crippen LogP contribution < -0.4 is 14.4 Å². The standard InChI is InChI=1S/C25H24N2O4S2/c1-3-30-19-11-7-17(8-12-19)26-25-27(18-9-13-20(14-10-18)31-4-2)24(29)23(33-25)16-21(28)22-6-5-15-32-22/h5-15,23H,3-4,16H2,1-2H3. The van der Waals surface area contributed by atoms with Crippen LogP contribution in [0.3, 0.4) is 0 Å². The van der Waals surface area contributed by atoms with Gasteiger partial charge in [-0.05, 0) is 73.8 Å². The lowest BCUT2D eigenvalue weighted by Crippen LogP contribution is -2.32. The van der Waals surface area contributed by atoms with Gasteiger partial charge < -0.3 is 9.47 Å². The number of Topliss-reactive ketones (excluding diaryl/α,β-unsaturated/α-hetero) is 1. The van der Waals surface area contributed by atoms with E-state index in [1.165, 1.54) is 23.1 Å². The molecule has 1 aliphatic rings. The van der Waals surface area contributed by atoms with Crippen LogP contribution in [-0.4, -0.2) is 35.3 Å². The predicted octanol–water partition coefficient (Wildman–Crippen LogP) is 5.95. The fraction of sp³-hybridized carbons (Fsp3) is 0.240. The van der Waals surface area contributed by atoms with Gasteiger partial charge in [-0.1, -0.05) is 17.8 Å². The largest absolute Gasteiger partial charge is 0.494 e. The zero-order chi connectivity index (χ0) is 23.2. The van der Waals surface area contributed by atoms with E-state index >= 15 is 0 Å². The first-order chi connectivity index (χ1) is 16.1. The molecule has 3 aromatic rings. The Labute approximate surface area is 201 Å². The van der Waals surface area contributed by atoms with Crippen molar-refractivity contribution in [3.8, 4) is 11.5 Å². The lowest BCUT2D eigenvalue weighted by atomic mass is 10.1. The van der Waals surface area contributed by atoms with Crippen LogP contribution in [-0.2, 0) is 4.79 Å². The molecule has 0 radical (unpaired) electrons. The first-order valence-electron chi connectivity index (χ1n) is 10.7. The van der Waals surface area contributed by atoms with E-state index in [0.29, 0.717) is 34.6 Å². The molecule has 0 spiro atoms.